The zero-order valence-electron chi connectivity index (χ0n) is 16.5. The third-order valence-electron chi connectivity index (χ3n) is 4.76. The van der Waals surface area contributed by atoms with Gasteiger partial charge in [-0.3, -0.25) is 9.59 Å². The Morgan fingerprint density at radius 3 is 2.53 bits per heavy atom. The molecular formula is C24H21N3O3. The lowest BCUT2D eigenvalue weighted by Gasteiger charge is -2.10. The molecule has 4 rings (SSSR count). The lowest BCUT2D eigenvalue weighted by molar-refractivity contribution is -0.117. The van der Waals surface area contributed by atoms with Crippen LogP contribution in [-0.2, 0) is 18.4 Å². The fraction of sp³-hybridized carbons (Fsp3) is 0.0833. The van der Waals surface area contributed by atoms with Crippen LogP contribution in [-0.4, -0.2) is 16.4 Å². The molecule has 0 unspecified atom stereocenters. The molecule has 0 aliphatic heterocycles. The fourth-order valence-corrected chi connectivity index (χ4v) is 3.27. The van der Waals surface area contributed by atoms with Crippen LogP contribution in [0.1, 0.15) is 21.7 Å². The molecule has 0 aliphatic carbocycles. The molecule has 2 heterocycles. The summed E-state index contributed by atoms with van der Waals surface area (Å²) in [7, 11) is 1.94. The Morgan fingerprint density at radius 1 is 1.00 bits per heavy atom. The van der Waals surface area contributed by atoms with Crippen molar-refractivity contribution in [1.29, 1.82) is 0 Å². The number of para-hydroxylation sites is 1. The molecule has 0 fully saturated rings. The minimum Gasteiger partial charge on any atom is -0.459 e. The van der Waals surface area contributed by atoms with E-state index < -0.39 is 5.91 Å². The molecule has 0 spiro atoms. The van der Waals surface area contributed by atoms with Crippen LogP contribution in [0.3, 0.4) is 0 Å². The van der Waals surface area contributed by atoms with Crippen LogP contribution in [0.15, 0.2) is 89.3 Å². The van der Waals surface area contributed by atoms with Gasteiger partial charge in [-0.15, -0.1) is 0 Å². The Bertz CT molecular complexity index is 1210. The molecule has 4 aromatic rings. The Hall–Kier alpha value is -4.06. The van der Waals surface area contributed by atoms with Crippen LogP contribution >= 0.6 is 0 Å². The first-order valence-corrected chi connectivity index (χ1v) is 9.54. The van der Waals surface area contributed by atoms with E-state index in [9.17, 15) is 9.59 Å². The molecule has 0 atom stereocenters. The van der Waals surface area contributed by atoms with Crippen molar-refractivity contribution in [3.63, 3.8) is 0 Å². The van der Waals surface area contributed by atoms with Gasteiger partial charge < -0.3 is 19.6 Å². The number of fused-ring (bicyclic) bond motifs is 1. The molecule has 2 amide bonds. The van der Waals surface area contributed by atoms with E-state index in [4.69, 9.17) is 4.42 Å². The van der Waals surface area contributed by atoms with E-state index in [0.717, 1.165) is 22.0 Å². The van der Waals surface area contributed by atoms with Crippen LogP contribution in [0.5, 0.6) is 0 Å². The maximum atomic E-state index is 12.9. The number of nitrogens with zero attached hydrogens (tertiary/aromatic N) is 1. The zero-order chi connectivity index (χ0) is 20.9. The van der Waals surface area contributed by atoms with Gasteiger partial charge in [0.2, 0.25) is 0 Å². The number of nitrogens with one attached hydrogen (secondary N) is 2. The highest BCUT2D eigenvalue weighted by molar-refractivity contribution is 6.05. The van der Waals surface area contributed by atoms with E-state index in [1.807, 2.05) is 72.4 Å². The normalized spacial score (nSPS) is 11.4. The standard InChI is InChI=1S/C24H21N3O3/c1-27-16-18(19-10-5-6-11-21(19)27)14-20(26-24(29)22-12-7-13-30-22)23(28)25-15-17-8-3-2-4-9-17/h2-14,16H,15H2,1H3,(H,25,28)(H,26,29)/b20-14-. The van der Waals surface area contributed by atoms with Crippen molar-refractivity contribution >= 4 is 28.8 Å². The van der Waals surface area contributed by atoms with Crippen LogP contribution in [0.2, 0.25) is 0 Å². The number of furan rings is 1. The Morgan fingerprint density at radius 2 is 1.77 bits per heavy atom. The maximum absolute atomic E-state index is 12.9. The summed E-state index contributed by atoms with van der Waals surface area (Å²) in [6.45, 7) is 0.350. The summed E-state index contributed by atoms with van der Waals surface area (Å²) < 4.78 is 7.14. The molecule has 0 radical (unpaired) electrons. The van der Waals surface area contributed by atoms with Gasteiger partial charge in [-0.25, -0.2) is 0 Å². The first-order chi connectivity index (χ1) is 14.6. The second-order valence-corrected chi connectivity index (χ2v) is 6.87. The number of hydrogen-bond donors (Lipinski definition) is 2. The van der Waals surface area contributed by atoms with Gasteiger partial charge in [0.15, 0.2) is 5.76 Å². The highest BCUT2D eigenvalue weighted by Gasteiger charge is 2.17. The average molecular weight is 399 g/mol. The fourth-order valence-electron chi connectivity index (χ4n) is 3.27. The highest BCUT2D eigenvalue weighted by Crippen LogP contribution is 2.22. The number of benzene rings is 2. The number of carbonyl (C=O) groups excluding carboxylic acids is 2. The second-order valence-electron chi connectivity index (χ2n) is 6.87. The van der Waals surface area contributed by atoms with E-state index >= 15 is 0 Å². The van der Waals surface area contributed by atoms with Gasteiger partial charge in [-0.1, -0.05) is 48.5 Å². The lowest BCUT2D eigenvalue weighted by Crippen LogP contribution is -2.34. The SMILES string of the molecule is Cn1cc(/C=C(\NC(=O)c2ccco2)C(=O)NCc2ccccc2)c2ccccc21. The van der Waals surface area contributed by atoms with E-state index in [0.29, 0.717) is 6.54 Å². The Labute approximate surface area is 173 Å². The second kappa shape index (κ2) is 8.53. The molecular weight excluding hydrogens is 378 g/mol. The topological polar surface area (TPSA) is 76.3 Å². The van der Waals surface area contributed by atoms with E-state index in [1.54, 1.807) is 18.2 Å². The molecule has 2 aromatic heterocycles. The minimum atomic E-state index is -0.485. The largest absolute Gasteiger partial charge is 0.459 e. The molecule has 0 saturated carbocycles. The molecule has 150 valence electrons. The molecule has 2 N–H and O–H groups in total. The van der Waals surface area contributed by atoms with Crippen molar-refractivity contribution in [3.05, 3.63) is 102 Å². The summed E-state index contributed by atoms with van der Waals surface area (Å²) in [5.74, 6) is -0.734. The third-order valence-corrected chi connectivity index (χ3v) is 4.76. The van der Waals surface area contributed by atoms with Crippen LogP contribution < -0.4 is 10.6 Å². The van der Waals surface area contributed by atoms with Crippen molar-refractivity contribution in [2.45, 2.75) is 6.54 Å². The molecule has 6 nitrogen and oxygen atoms in total. The van der Waals surface area contributed by atoms with Crippen molar-refractivity contribution in [3.8, 4) is 0 Å². The lowest BCUT2D eigenvalue weighted by atomic mass is 10.1. The number of aromatic nitrogens is 1. The van der Waals surface area contributed by atoms with Gasteiger partial charge in [0.05, 0.1) is 6.26 Å². The van der Waals surface area contributed by atoms with E-state index in [2.05, 4.69) is 10.6 Å². The summed E-state index contributed by atoms with van der Waals surface area (Å²) >= 11 is 0. The van der Waals surface area contributed by atoms with Crippen LogP contribution in [0, 0.1) is 0 Å². The summed E-state index contributed by atoms with van der Waals surface area (Å²) in [5, 5.41) is 6.54. The maximum Gasteiger partial charge on any atom is 0.291 e. The van der Waals surface area contributed by atoms with Crippen molar-refractivity contribution in [2.24, 2.45) is 7.05 Å². The number of rotatable bonds is 6. The number of amides is 2. The molecule has 2 aromatic carbocycles. The van der Waals surface area contributed by atoms with Crippen molar-refractivity contribution < 1.29 is 14.0 Å². The van der Waals surface area contributed by atoms with Crippen molar-refractivity contribution in [1.82, 2.24) is 15.2 Å². The number of hydrogen-bond acceptors (Lipinski definition) is 3. The predicted molar refractivity (Wildman–Crippen MR) is 115 cm³/mol. The van der Waals surface area contributed by atoms with Gasteiger partial charge in [0, 0.05) is 36.3 Å². The van der Waals surface area contributed by atoms with E-state index in [1.165, 1.54) is 6.26 Å². The zero-order valence-corrected chi connectivity index (χ0v) is 16.5. The molecule has 0 bridgehead atoms. The van der Waals surface area contributed by atoms with Gasteiger partial charge >= 0.3 is 0 Å². The minimum absolute atomic E-state index is 0.134. The first-order valence-electron chi connectivity index (χ1n) is 9.54. The van der Waals surface area contributed by atoms with Gasteiger partial charge in [0.25, 0.3) is 11.8 Å². The molecule has 30 heavy (non-hydrogen) atoms. The van der Waals surface area contributed by atoms with Crippen molar-refractivity contribution in [2.75, 3.05) is 0 Å². The Balaban J connectivity index is 1.64. The first kappa shape index (κ1) is 19.3. The predicted octanol–water partition coefficient (Wildman–Crippen LogP) is 3.86. The Kier molecular flexibility index (Phi) is 5.48. The summed E-state index contributed by atoms with van der Waals surface area (Å²) in [6, 6.07) is 20.6. The van der Waals surface area contributed by atoms with Crippen LogP contribution in [0.25, 0.3) is 17.0 Å². The average Bonchev–Trinajstić information content (AvgIpc) is 3.41. The van der Waals surface area contributed by atoms with E-state index in [-0.39, 0.29) is 17.4 Å². The highest BCUT2D eigenvalue weighted by atomic mass is 16.3. The smallest absolute Gasteiger partial charge is 0.291 e. The van der Waals surface area contributed by atoms with Gasteiger partial charge in [-0.05, 0) is 29.8 Å². The van der Waals surface area contributed by atoms with Gasteiger partial charge in [-0.2, -0.15) is 0 Å². The number of carbonyl (C=O) groups is 2. The van der Waals surface area contributed by atoms with Gasteiger partial charge in [0.1, 0.15) is 5.70 Å². The summed E-state index contributed by atoms with van der Waals surface area (Å²) in [6.07, 6.45) is 5.02. The van der Waals surface area contributed by atoms with Crippen LogP contribution in [0.4, 0.5) is 0 Å². The third kappa shape index (κ3) is 4.17. The molecule has 0 aliphatic rings. The monoisotopic (exact) mass is 399 g/mol. The molecule has 6 heteroatoms. The quantitative estimate of drug-likeness (QED) is 0.484. The molecule has 0 saturated heterocycles. The number of aryl methyl sites for hydroxylation is 1. The summed E-state index contributed by atoms with van der Waals surface area (Å²) in [4.78, 5) is 25.5. The summed E-state index contributed by atoms with van der Waals surface area (Å²) in [5.41, 5.74) is 2.97.